The summed E-state index contributed by atoms with van der Waals surface area (Å²) in [5.41, 5.74) is 4.50. The van der Waals surface area contributed by atoms with Crippen LogP contribution in [0.4, 0.5) is 0 Å². The van der Waals surface area contributed by atoms with Crippen molar-refractivity contribution < 1.29 is 9.36 Å². The van der Waals surface area contributed by atoms with Gasteiger partial charge in [-0.3, -0.25) is 14.4 Å². The number of carbonyl (C=O) groups is 1. The molecule has 0 spiro atoms. The molecule has 10 heteroatoms. The molecule has 224 valence electrons. The fourth-order valence-corrected chi connectivity index (χ4v) is 6.61. The van der Waals surface area contributed by atoms with Gasteiger partial charge in [-0.15, -0.1) is 22.7 Å². The summed E-state index contributed by atoms with van der Waals surface area (Å²) < 4.78 is 9.51. The molecule has 4 nitrogen and oxygen atoms in total. The van der Waals surface area contributed by atoms with Gasteiger partial charge in [-0.1, -0.05) is 84.9 Å². The van der Waals surface area contributed by atoms with Gasteiger partial charge in [-0.05, 0) is 90.6 Å². The first-order valence-electron chi connectivity index (χ1n) is 13.8. The Bertz CT molecular complexity index is 1930. The zero-order valence-electron chi connectivity index (χ0n) is 23.5. The van der Waals surface area contributed by atoms with Crippen LogP contribution in [-0.2, 0) is 17.4 Å². The minimum Gasteiger partial charge on any atom is -0.352 e. The third kappa shape index (κ3) is 8.82. The highest BCUT2D eigenvalue weighted by Crippen LogP contribution is 2.61. The van der Waals surface area contributed by atoms with Crippen LogP contribution >= 0.6 is 61.6 Å². The van der Waals surface area contributed by atoms with Crippen molar-refractivity contribution in [3.63, 3.8) is 0 Å². The summed E-state index contributed by atoms with van der Waals surface area (Å²) in [7, 11) is 0. The number of fused-ring (bicyclic) bond motifs is 3. The standard InChI is InChI=1S/C17H15NOS.C17H13NS.Cl3OP/c19-17(18-11-10-14-7-4-12-20-14)16-9-3-6-13-5-1-2-8-15(13)16;1-2-6-13-12(4-1)5-3-7-14(13)17-15-9-11-19-16(15)8-10-18-17;1-5(2,3)4/h1-9,12H,10-11H2,(H,18,19);1-7,9,11H,8,10H2;. The first kappa shape index (κ1) is 32.4. The summed E-state index contributed by atoms with van der Waals surface area (Å²) in [6, 6.07) is 35.1. The lowest BCUT2D eigenvalue weighted by Crippen LogP contribution is -2.25. The minimum atomic E-state index is -3.22. The van der Waals surface area contributed by atoms with Crippen LogP contribution in [0.3, 0.4) is 0 Å². The molecule has 1 aliphatic heterocycles. The highest BCUT2D eigenvalue weighted by molar-refractivity contribution is 8.24. The lowest BCUT2D eigenvalue weighted by Gasteiger charge is -2.15. The molecule has 0 fully saturated rings. The number of carbonyl (C=O) groups excluding carboxylic acids is 1. The zero-order chi connectivity index (χ0) is 30.9. The van der Waals surface area contributed by atoms with Gasteiger partial charge in [0, 0.05) is 46.0 Å². The Morgan fingerprint density at radius 3 is 2.14 bits per heavy atom. The Morgan fingerprint density at radius 2 is 1.41 bits per heavy atom. The summed E-state index contributed by atoms with van der Waals surface area (Å²) in [6.07, 6.45) is 1.97. The molecule has 7 rings (SSSR count). The van der Waals surface area contributed by atoms with Crippen molar-refractivity contribution in [2.45, 2.75) is 12.8 Å². The molecule has 0 saturated carbocycles. The molecule has 0 bridgehead atoms. The number of rotatable bonds is 5. The van der Waals surface area contributed by atoms with Gasteiger partial charge in [-0.25, -0.2) is 0 Å². The van der Waals surface area contributed by atoms with Crippen molar-refractivity contribution >= 4 is 94.8 Å². The molecule has 44 heavy (non-hydrogen) atoms. The Labute approximate surface area is 279 Å². The third-order valence-electron chi connectivity index (χ3n) is 6.93. The van der Waals surface area contributed by atoms with Crippen molar-refractivity contribution in [2.75, 3.05) is 13.1 Å². The molecule has 3 heterocycles. The molecule has 0 saturated heterocycles. The largest absolute Gasteiger partial charge is 0.352 e. The van der Waals surface area contributed by atoms with E-state index in [1.807, 2.05) is 59.9 Å². The smallest absolute Gasteiger partial charge is 0.339 e. The number of halogens is 3. The van der Waals surface area contributed by atoms with Gasteiger partial charge >= 0.3 is 5.20 Å². The Morgan fingerprint density at radius 1 is 0.750 bits per heavy atom. The second-order valence-corrected chi connectivity index (χ2v) is 18.4. The molecular formula is C34H28Cl3N2O2PS2. The molecular weight excluding hydrogens is 670 g/mol. The second kappa shape index (κ2) is 15.4. The minimum absolute atomic E-state index is 0.00152. The number of thiophene rings is 2. The van der Waals surface area contributed by atoms with E-state index in [1.54, 1.807) is 11.3 Å². The normalized spacial score (nSPS) is 12.3. The van der Waals surface area contributed by atoms with Crippen LogP contribution in [-0.4, -0.2) is 24.7 Å². The predicted molar refractivity (Wildman–Crippen MR) is 192 cm³/mol. The average molecular weight is 698 g/mol. The van der Waals surface area contributed by atoms with E-state index in [0.29, 0.717) is 6.54 Å². The van der Waals surface area contributed by atoms with Crippen LogP contribution in [0, 0.1) is 0 Å². The van der Waals surface area contributed by atoms with Crippen LogP contribution in [0.15, 0.2) is 119 Å². The summed E-state index contributed by atoms with van der Waals surface area (Å²) in [4.78, 5) is 19.8. The highest BCUT2D eigenvalue weighted by atomic mass is 36.0. The predicted octanol–water partition coefficient (Wildman–Crippen LogP) is 11.0. The highest BCUT2D eigenvalue weighted by Gasteiger charge is 2.18. The quantitative estimate of drug-likeness (QED) is 0.182. The lowest BCUT2D eigenvalue weighted by atomic mass is 9.95. The summed E-state index contributed by atoms with van der Waals surface area (Å²) >= 11 is 17.4. The van der Waals surface area contributed by atoms with Crippen molar-refractivity contribution in [3.8, 4) is 0 Å². The SMILES string of the molecule is O=C(NCCc1cccs1)c1cccc2ccccc12.O=P(Cl)(Cl)Cl.c1ccc2c(C3=NCCc4sccc43)cccc2c1. The Balaban J connectivity index is 0.000000152. The molecule has 0 radical (unpaired) electrons. The van der Waals surface area contributed by atoms with E-state index < -0.39 is 5.20 Å². The third-order valence-corrected chi connectivity index (χ3v) is 8.84. The number of hydrogen-bond acceptors (Lipinski definition) is 5. The number of nitrogens with zero attached hydrogens (tertiary/aromatic N) is 1. The molecule has 4 aromatic carbocycles. The molecule has 1 aliphatic rings. The number of hydrogen-bond donors (Lipinski definition) is 1. The van der Waals surface area contributed by atoms with E-state index >= 15 is 0 Å². The van der Waals surface area contributed by atoms with Crippen LogP contribution in [0.25, 0.3) is 21.5 Å². The number of aliphatic imine (C=N–C) groups is 1. The average Bonchev–Trinajstić information content (AvgIpc) is 3.73. The molecule has 0 unspecified atom stereocenters. The van der Waals surface area contributed by atoms with E-state index in [9.17, 15) is 9.36 Å². The van der Waals surface area contributed by atoms with Gasteiger partial charge in [0.2, 0.25) is 0 Å². The van der Waals surface area contributed by atoms with Gasteiger partial charge in [0.1, 0.15) is 0 Å². The van der Waals surface area contributed by atoms with E-state index in [0.717, 1.165) is 35.7 Å². The van der Waals surface area contributed by atoms with Crippen LogP contribution in [0.2, 0.25) is 0 Å². The van der Waals surface area contributed by atoms with Gasteiger partial charge in [0.05, 0.1) is 5.71 Å². The Hall–Kier alpha value is -2.96. The zero-order valence-corrected chi connectivity index (χ0v) is 28.3. The first-order chi connectivity index (χ1) is 21.3. The second-order valence-electron chi connectivity index (χ2n) is 9.78. The number of nitrogens with one attached hydrogen (secondary N) is 1. The topological polar surface area (TPSA) is 58.5 Å². The van der Waals surface area contributed by atoms with Crippen molar-refractivity contribution in [2.24, 2.45) is 4.99 Å². The van der Waals surface area contributed by atoms with E-state index in [1.165, 1.54) is 37.4 Å². The maximum atomic E-state index is 12.3. The van der Waals surface area contributed by atoms with Gasteiger partial charge in [-0.2, -0.15) is 0 Å². The van der Waals surface area contributed by atoms with Crippen LogP contribution in [0.1, 0.15) is 31.2 Å². The first-order valence-corrected chi connectivity index (χ1v) is 20.0. The molecule has 0 aliphatic carbocycles. The summed E-state index contributed by atoms with van der Waals surface area (Å²) in [5.74, 6) is -0.00152. The molecule has 2 aromatic heterocycles. The van der Waals surface area contributed by atoms with Gasteiger partial charge in [0.15, 0.2) is 0 Å². The van der Waals surface area contributed by atoms with Crippen LogP contribution < -0.4 is 5.32 Å². The van der Waals surface area contributed by atoms with Gasteiger partial charge < -0.3 is 5.32 Å². The lowest BCUT2D eigenvalue weighted by molar-refractivity contribution is 0.0956. The summed E-state index contributed by atoms with van der Waals surface area (Å²) in [5, 5.41) is 8.69. The Kier molecular flexibility index (Phi) is 11.3. The molecule has 1 amide bonds. The van der Waals surface area contributed by atoms with Crippen molar-refractivity contribution in [1.82, 2.24) is 5.32 Å². The monoisotopic (exact) mass is 696 g/mol. The van der Waals surface area contributed by atoms with E-state index in [2.05, 4.69) is 104 Å². The van der Waals surface area contributed by atoms with Crippen molar-refractivity contribution in [3.05, 3.63) is 140 Å². The summed E-state index contributed by atoms with van der Waals surface area (Å²) in [6.45, 7) is 1.58. The fraction of sp³-hybridized carbons (Fsp3) is 0.118. The van der Waals surface area contributed by atoms with Crippen LogP contribution in [0.5, 0.6) is 0 Å². The number of amides is 1. The maximum absolute atomic E-state index is 12.3. The fourth-order valence-electron chi connectivity index (χ4n) is 5.03. The maximum Gasteiger partial charge on any atom is 0.339 e. The molecule has 1 N–H and O–H groups in total. The van der Waals surface area contributed by atoms with Gasteiger partial charge in [0.25, 0.3) is 5.91 Å². The van der Waals surface area contributed by atoms with E-state index in [-0.39, 0.29) is 5.91 Å². The number of benzene rings is 4. The van der Waals surface area contributed by atoms with E-state index in [4.69, 9.17) is 4.99 Å². The molecule has 0 atom stereocenters. The molecule has 6 aromatic rings. The van der Waals surface area contributed by atoms with Crippen molar-refractivity contribution in [1.29, 1.82) is 0 Å².